The Morgan fingerprint density at radius 3 is 2.21 bits per heavy atom. The lowest BCUT2D eigenvalue weighted by Crippen LogP contribution is -2.51. The molecule has 7 N–H and O–H groups in total. The molecular weight excluding hydrogens is 664 g/mol. The van der Waals surface area contributed by atoms with E-state index in [9.17, 15) is 14.4 Å². The van der Waals surface area contributed by atoms with Gasteiger partial charge in [-0.15, -0.1) is 0 Å². The van der Waals surface area contributed by atoms with Crippen molar-refractivity contribution in [1.82, 2.24) is 40.4 Å². The van der Waals surface area contributed by atoms with Crippen LogP contribution < -0.4 is 16.4 Å². The van der Waals surface area contributed by atoms with Gasteiger partial charge in [0.05, 0.1) is 56.1 Å². The first kappa shape index (κ1) is 35.9. The molecule has 4 aromatic rings. The number of benzene rings is 2. The molecule has 3 atom stereocenters. The number of carbonyl (C=O) groups excluding carboxylic acids is 2. The van der Waals surface area contributed by atoms with E-state index in [0.717, 1.165) is 65.3 Å². The fourth-order valence-corrected chi connectivity index (χ4v) is 6.73. The molecule has 2 aromatic heterocycles. The summed E-state index contributed by atoms with van der Waals surface area (Å²) in [5.41, 5.74) is 12.3. The zero-order chi connectivity index (χ0) is 36.8. The Morgan fingerprint density at radius 2 is 1.58 bits per heavy atom. The number of amides is 3. The van der Waals surface area contributed by atoms with Crippen LogP contribution in [0, 0.1) is 5.92 Å². The fourth-order valence-electron chi connectivity index (χ4n) is 6.73. The predicted molar refractivity (Wildman–Crippen MR) is 196 cm³/mol. The second kappa shape index (κ2) is 16.0. The molecule has 3 unspecified atom stereocenters. The number of nitrogens with zero attached hydrogens (tertiary/aromatic N) is 5. The van der Waals surface area contributed by atoms with E-state index < -0.39 is 18.2 Å². The van der Waals surface area contributed by atoms with Gasteiger partial charge in [-0.2, -0.15) is 0 Å². The molecule has 274 valence electrons. The number of methoxy groups -OCH3 is 1. The highest BCUT2D eigenvalue weighted by atomic mass is 16.5. The van der Waals surface area contributed by atoms with Crippen LogP contribution in [0.2, 0.25) is 0 Å². The average molecular weight is 711 g/mol. The van der Waals surface area contributed by atoms with Gasteiger partial charge in [-0.3, -0.25) is 9.79 Å². The summed E-state index contributed by atoms with van der Waals surface area (Å²) in [7, 11) is 1.34. The molecule has 0 aliphatic carbocycles. The van der Waals surface area contributed by atoms with Crippen molar-refractivity contribution >= 4 is 24.1 Å². The smallest absolute Gasteiger partial charge is 0.407 e. The van der Waals surface area contributed by atoms with Crippen LogP contribution in [0.15, 0.2) is 65.9 Å². The summed E-state index contributed by atoms with van der Waals surface area (Å²) in [6.07, 6.45) is 5.00. The SMILES string of the molecule is COC(=O)NC(CN=C(N)N1CCCC1c1ncc(-c2ccc(-c3ccc(-c4cnc(CN5CCCC(NC(=O)O)C5=O)[nH]4)cc3)cc2)[nH]1)C(C)C. The van der Waals surface area contributed by atoms with Gasteiger partial charge in [0, 0.05) is 13.1 Å². The van der Waals surface area contributed by atoms with Crippen LogP contribution in [0.25, 0.3) is 33.6 Å². The second-order valence-corrected chi connectivity index (χ2v) is 13.5. The van der Waals surface area contributed by atoms with E-state index >= 15 is 0 Å². The minimum absolute atomic E-state index is 0.0203. The zero-order valence-electron chi connectivity index (χ0n) is 29.6. The van der Waals surface area contributed by atoms with E-state index in [1.165, 1.54) is 7.11 Å². The standard InChI is InChI=1S/C37H46N10O5/c1-22(2)28(45-37(51)52-3)18-41-35(38)47-17-5-7-31(47)33-40-20-30(43-33)26-14-10-24(11-15-26)23-8-12-25(13-9-23)29-19-39-32(42-29)21-46-16-4-6-27(34(46)48)44-36(49)50/h8-15,19-20,22,27-28,31,44H,4-7,16-18,21H2,1-3H3,(H2,38,41)(H,39,42)(H,40,43)(H,45,51)(H,49,50). The second-order valence-electron chi connectivity index (χ2n) is 13.5. The zero-order valence-corrected chi connectivity index (χ0v) is 29.6. The van der Waals surface area contributed by atoms with E-state index in [2.05, 4.69) is 71.9 Å². The van der Waals surface area contributed by atoms with Crippen molar-refractivity contribution in [3.05, 3.63) is 72.6 Å². The number of likely N-dealkylation sites (tertiary alicyclic amines) is 2. The molecule has 0 saturated carbocycles. The van der Waals surface area contributed by atoms with Crippen molar-refractivity contribution in [3.8, 4) is 33.6 Å². The van der Waals surface area contributed by atoms with Gasteiger partial charge in [0.2, 0.25) is 5.91 Å². The van der Waals surface area contributed by atoms with Gasteiger partial charge in [0.25, 0.3) is 0 Å². The van der Waals surface area contributed by atoms with Crippen molar-refractivity contribution in [2.45, 2.75) is 64.2 Å². The first-order chi connectivity index (χ1) is 25.1. The average Bonchev–Trinajstić information content (AvgIpc) is 3.93. The molecule has 2 aliphatic heterocycles. The minimum Gasteiger partial charge on any atom is -0.465 e. The molecule has 0 bridgehead atoms. The fraction of sp³-hybridized carbons (Fsp3) is 0.405. The molecule has 4 heterocycles. The molecule has 52 heavy (non-hydrogen) atoms. The first-order valence-corrected chi connectivity index (χ1v) is 17.6. The molecule has 0 radical (unpaired) electrons. The third-order valence-electron chi connectivity index (χ3n) is 9.72. The number of hydrogen-bond donors (Lipinski definition) is 6. The molecular formula is C37H46N10O5. The molecule has 15 nitrogen and oxygen atoms in total. The van der Waals surface area contributed by atoms with Crippen LogP contribution in [0.4, 0.5) is 9.59 Å². The number of piperidine rings is 1. The Morgan fingerprint density at radius 1 is 0.962 bits per heavy atom. The molecule has 3 amide bonds. The summed E-state index contributed by atoms with van der Waals surface area (Å²) in [5.74, 6) is 1.84. The summed E-state index contributed by atoms with van der Waals surface area (Å²) < 4.78 is 4.75. The van der Waals surface area contributed by atoms with Gasteiger partial charge in [0.1, 0.15) is 17.7 Å². The topological polar surface area (TPSA) is 207 Å². The van der Waals surface area contributed by atoms with E-state index in [1.807, 2.05) is 32.2 Å². The number of nitrogens with one attached hydrogen (secondary N) is 4. The first-order valence-electron chi connectivity index (χ1n) is 17.6. The number of aromatic nitrogens is 4. The third kappa shape index (κ3) is 8.36. The number of H-pyrrole nitrogens is 2. The number of hydrogen-bond acceptors (Lipinski definition) is 7. The van der Waals surface area contributed by atoms with Crippen molar-refractivity contribution < 1.29 is 24.2 Å². The number of carbonyl (C=O) groups is 3. The van der Waals surface area contributed by atoms with Crippen LogP contribution in [-0.4, -0.2) is 97.7 Å². The van der Waals surface area contributed by atoms with E-state index in [-0.39, 0.29) is 30.5 Å². The highest BCUT2D eigenvalue weighted by molar-refractivity contribution is 5.86. The lowest BCUT2D eigenvalue weighted by Gasteiger charge is -2.31. The molecule has 2 fully saturated rings. The van der Waals surface area contributed by atoms with Crippen LogP contribution >= 0.6 is 0 Å². The Kier molecular flexibility index (Phi) is 11.1. The van der Waals surface area contributed by atoms with Gasteiger partial charge < -0.3 is 46.0 Å². The van der Waals surface area contributed by atoms with Crippen molar-refractivity contribution in [1.29, 1.82) is 0 Å². The maximum atomic E-state index is 12.7. The molecule has 2 saturated heterocycles. The highest BCUT2D eigenvalue weighted by Gasteiger charge is 2.31. The lowest BCUT2D eigenvalue weighted by atomic mass is 10.0. The number of ether oxygens (including phenoxy) is 1. The van der Waals surface area contributed by atoms with Crippen LogP contribution in [0.3, 0.4) is 0 Å². The van der Waals surface area contributed by atoms with Gasteiger partial charge in [0.15, 0.2) is 5.96 Å². The number of rotatable bonds is 11. The summed E-state index contributed by atoms with van der Waals surface area (Å²) in [6.45, 7) is 6.00. The maximum absolute atomic E-state index is 12.7. The van der Waals surface area contributed by atoms with Crippen molar-refractivity contribution in [3.63, 3.8) is 0 Å². The number of aliphatic imine (C=N–C) groups is 1. The van der Waals surface area contributed by atoms with Crippen molar-refractivity contribution in [2.24, 2.45) is 16.6 Å². The number of imidazole rings is 2. The normalized spacial score (nSPS) is 18.5. The lowest BCUT2D eigenvalue weighted by molar-refractivity contribution is -0.136. The van der Waals surface area contributed by atoms with Gasteiger partial charge in [-0.05, 0) is 53.9 Å². The summed E-state index contributed by atoms with van der Waals surface area (Å²) in [4.78, 5) is 59.9. The largest absolute Gasteiger partial charge is 0.465 e. The molecule has 0 spiro atoms. The number of aromatic amines is 2. The number of alkyl carbamates (subject to hydrolysis) is 1. The molecule has 15 heteroatoms. The Labute approximate surface area is 302 Å². The van der Waals surface area contributed by atoms with Gasteiger partial charge in [-0.1, -0.05) is 62.4 Å². The summed E-state index contributed by atoms with van der Waals surface area (Å²) in [5, 5.41) is 14.2. The third-order valence-corrected chi connectivity index (χ3v) is 9.72. The minimum atomic E-state index is -1.20. The highest BCUT2D eigenvalue weighted by Crippen LogP contribution is 2.32. The van der Waals surface area contributed by atoms with Crippen LogP contribution in [-0.2, 0) is 16.1 Å². The summed E-state index contributed by atoms with van der Waals surface area (Å²) >= 11 is 0. The van der Waals surface area contributed by atoms with Gasteiger partial charge in [-0.25, -0.2) is 19.6 Å². The quantitative estimate of drug-likeness (QED) is 0.0939. The summed E-state index contributed by atoms with van der Waals surface area (Å²) in [6, 6.07) is 15.6. The number of carboxylic acid groups (broad SMARTS) is 1. The monoisotopic (exact) mass is 710 g/mol. The van der Waals surface area contributed by atoms with E-state index in [4.69, 9.17) is 20.6 Å². The molecule has 6 rings (SSSR count). The van der Waals surface area contributed by atoms with Crippen LogP contribution in [0.5, 0.6) is 0 Å². The predicted octanol–water partition coefficient (Wildman–Crippen LogP) is 4.72. The Hall–Kier alpha value is -5.86. The van der Waals surface area contributed by atoms with Gasteiger partial charge >= 0.3 is 12.2 Å². The maximum Gasteiger partial charge on any atom is 0.407 e. The van der Waals surface area contributed by atoms with Crippen molar-refractivity contribution in [2.75, 3.05) is 26.7 Å². The molecule has 2 aliphatic rings. The van der Waals surface area contributed by atoms with E-state index in [1.54, 1.807) is 11.1 Å². The Balaban J connectivity index is 1.07. The Bertz CT molecular complexity index is 1880. The number of nitrogens with two attached hydrogens (primary N) is 1. The number of guanidine groups is 1. The van der Waals surface area contributed by atoms with Crippen LogP contribution in [0.1, 0.15) is 57.2 Å². The van der Waals surface area contributed by atoms with E-state index in [0.29, 0.717) is 31.3 Å². The molecule has 2 aromatic carbocycles.